The summed E-state index contributed by atoms with van der Waals surface area (Å²) < 4.78 is 6.42. The van der Waals surface area contributed by atoms with Gasteiger partial charge in [0.25, 0.3) is 10.9 Å². The molecule has 1 aromatic rings. The summed E-state index contributed by atoms with van der Waals surface area (Å²) >= 11 is 1.53. The van der Waals surface area contributed by atoms with Crippen LogP contribution in [0.3, 0.4) is 0 Å². The van der Waals surface area contributed by atoms with Gasteiger partial charge < -0.3 is 25.0 Å². The number of hydrogen-bond acceptors (Lipinski definition) is 10. The third-order valence-electron chi connectivity index (χ3n) is 12.5. The summed E-state index contributed by atoms with van der Waals surface area (Å²) in [7, 11) is 3.91. The standard InChI is InChI=1S/C35H53N3O6S/c1-8-33(4)18-25(34(5)21(2)11-13-35(22(3)32(33)43)14-12-24(39)31(34)35)44-26(40)20-45-23-10-9-16-38(19-23)28-27(29(41)30(28)42)36-15-17-37(6)7/h8,21-23,25,31-32,36,43H,1,9-20H2,2-7H3/t21-,22+,23?,25-,31+,32+,33-,34+,35+/m1/s1. The molecule has 3 saturated carbocycles. The molecule has 10 heteroatoms. The Balaban J connectivity index is 1.30. The highest BCUT2D eigenvalue weighted by atomic mass is 32.2. The van der Waals surface area contributed by atoms with Crippen molar-refractivity contribution in [2.45, 2.75) is 90.1 Å². The molecule has 1 aromatic carbocycles. The highest BCUT2D eigenvalue weighted by molar-refractivity contribution is 8.00. The third kappa shape index (κ3) is 5.81. The third-order valence-corrected chi connectivity index (χ3v) is 13.7. The lowest BCUT2D eigenvalue weighted by Gasteiger charge is -2.61. The first-order chi connectivity index (χ1) is 21.2. The smallest absolute Gasteiger partial charge is 0.316 e. The molecule has 45 heavy (non-hydrogen) atoms. The Morgan fingerprint density at radius 2 is 1.91 bits per heavy atom. The van der Waals surface area contributed by atoms with Crippen molar-refractivity contribution in [3.8, 4) is 0 Å². The zero-order chi connectivity index (χ0) is 32.9. The minimum atomic E-state index is -0.692. The number of anilines is 2. The number of likely N-dealkylation sites (N-methyl/N-ethyl adjacent to an activating group) is 1. The van der Waals surface area contributed by atoms with Crippen molar-refractivity contribution in [3.05, 3.63) is 33.1 Å². The van der Waals surface area contributed by atoms with E-state index in [-0.39, 0.29) is 45.9 Å². The fourth-order valence-electron chi connectivity index (χ4n) is 9.41. The fraction of sp³-hybridized carbons (Fsp3) is 0.771. The molecular formula is C35H53N3O6S. The van der Waals surface area contributed by atoms with Crippen molar-refractivity contribution in [1.82, 2.24) is 4.90 Å². The molecule has 9 atom stereocenters. The van der Waals surface area contributed by atoms with Crippen LogP contribution in [0.5, 0.6) is 0 Å². The predicted molar refractivity (Wildman–Crippen MR) is 181 cm³/mol. The van der Waals surface area contributed by atoms with E-state index in [9.17, 15) is 24.3 Å². The molecule has 1 unspecified atom stereocenters. The Hall–Kier alpha value is -2.17. The number of nitrogens with zero attached hydrogens (tertiary/aromatic N) is 2. The van der Waals surface area contributed by atoms with Gasteiger partial charge in [0.05, 0.1) is 11.9 Å². The molecule has 1 saturated heterocycles. The van der Waals surface area contributed by atoms with Crippen LogP contribution in [0, 0.1) is 34.0 Å². The average molecular weight is 644 g/mol. The molecule has 1 aliphatic heterocycles. The highest BCUT2D eigenvalue weighted by Gasteiger charge is 2.68. The molecule has 2 bridgehead atoms. The first-order valence-corrected chi connectivity index (χ1v) is 17.9. The lowest BCUT2D eigenvalue weighted by molar-refractivity contribution is -0.205. The maximum atomic E-state index is 13.6. The number of hydrogen-bond donors (Lipinski definition) is 2. The summed E-state index contributed by atoms with van der Waals surface area (Å²) in [4.78, 5) is 56.2. The van der Waals surface area contributed by atoms with E-state index < -0.39 is 33.9 Å². The van der Waals surface area contributed by atoms with Crippen LogP contribution >= 0.6 is 11.8 Å². The lowest BCUT2D eigenvalue weighted by Crippen LogP contribution is -2.63. The van der Waals surface area contributed by atoms with Crippen molar-refractivity contribution in [1.29, 1.82) is 0 Å². The monoisotopic (exact) mass is 643 g/mol. The van der Waals surface area contributed by atoms with E-state index in [1.807, 2.05) is 36.9 Å². The van der Waals surface area contributed by atoms with Crippen LogP contribution < -0.4 is 21.1 Å². The highest BCUT2D eigenvalue weighted by Crippen LogP contribution is 2.68. The number of piperidine rings is 1. The van der Waals surface area contributed by atoms with Gasteiger partial charge in [-0.25, -0.2) is 0 Å². The number of nitrogens with one attached hydrogen (secondary N) is 1. The Morgan fingerprint density at radius 1 is 1.18 bits per heavy atom. The van der Waals surface area contributed by atoms with E-state index >= 15 is 0 Å². The van der Waals surface area contributed by atoms with Gasteiger partial charge in [-0.05, 0) is 69.9 Å². The quantitative estimate of drug-likeness (QED) is 0.221. The summed E-state index contributed by atoms with van der Waals surface area (Å²) in [6.07, 6.45) is 5.92. The van der Waals surface area contributed by atoms with Gasteiger partial charge in [0, 0.05) is 54.6 Å². The van der Waals surface area contributed by atoms with E-state index in [2.05, 4.69) is 32.7 Å². The topological polar surface area (TPSA) is 116 Å². The molecule has 4 aliphatic rings. The van der Waals surface area contributed by atoms with Gasteiger partial charge in [-0.3, -0.25) is 19.2 Å². The molecule has 1 heterocycles. The van der Waals surface area contributed by atoms with E-state index in [1.165, 1.54) is 11.8 Å². The molecule has 3 aliphatic carbocycles. The molecule has 2 N–H and O–H groups in total. The number of Topliss-reactive ketones (excluding diaryl/α,β-unsaturated/α-hetero) is 1. The van der Waals surface area contributed by atoms with Crippen molar-refractivity contribution >= 4 is 34.9 Å². The van der Waals surface area contributed by atoms with Crippen molar-refractivity contribution in [2.24, 2.45) is 34.0 Å². The van der Waals surface area contributed by atoms with Gasteiger partial charge in [-0.1, -0.05) is 33.8 Å². The van der Waals surface area contributed by atoms with Crippen LogP contribution in [0.4, 0.5) is 11.4 Å². The first-order valence-electron chi connectivity index (χ1n) is 16.8. The van der Waals surface area contributed by atoms with E-state index in [0.29, 0.717) is 43.9 Å². The molecule has 0 spiro atoms. The minimum absolute atomic E-state index is 0.0677. The van der Waals surface area contributed by atoms with Crippen LogP contribution in [0.2, 0.25) is 0 Å². The molecule has 250 valence electrons. The number of ketones is 1. The Bertz CT molecular complexity index is 1370. The normalized spacial score (nSPS) is 38.5. The Kier molecular flexibility index (Phi) is 9.72. The van der Waals surface area contributed by atoms with Gasteiger partial charge in [0.1, 0.15) is 23.3 Å². The molecule has 9 nitrogen and oxygen atoms in total. The zero-order valence-electron chi connectivity index (χ0n) is 28.0. The number of aliphatic hydroxyl groups excluding tert-OH is 1. The number of ether oxygens (including phenoxy) is 1. The van der Waals surface area contributed by atoms with Crippen molar-refractivity contribution < 1.29 is 19.4 Å². The maximum Gasteiger partial charge on any atom is 0.316 e. The van der Waals surface area contributed by atoms with Crippen molar-refractivity contribution in [3.63, 3.8) is 0 Å². The maximum absolute atomic E-state index is 13.6. The van der Waals surface area contributed by atoms with Gasteiger partial charge in [-0.2, -0.15) is 0 Å². The molecule has 0 aromatic heterocycles. The molecule has 5 rings (SSSR count). The summed E-state index contributed by atoms with van der Waals surface area (Å²) in [5, 5.41) is 15.0. The van der Waals surface area contributed by atoms with Gasteiger partial charge in [0.2, 0.25) is 0 Å². The molecule has 0 amide bonds. The van der Waals surface area contributed by atoms with Crippen molar-refractivity contribution in [2.75, 3.05) is 56.2 Å². The number of aliphatic hydroxyl groups is 1. The van der Waals surface area contributed by atoms with Crippen LogP contribution in [-0.4, -0.2) is 85.2 Å². The second kappa shape index (κ2) is 12.8. The number of carbonyl (C=O) groups excluding carboxylic acids is 2. The number of esters is 1. The van der Waals surface area contributed by atoms with E-state index in [1.54, 1.807) is 0 Å². The number of rotatable bonds is 10. The van der Waals surface area contributed by atoms with Gasteiger partial charge in [-0.15, -0.1) is 18.3 Å². The Morgan fingerprint density at radius 3 is 2.60 bits per heavy atom. The predicted octanol–water partition coefficient (Wildman–Crippen LogP) is 3.86. The van der Waals surface area contributed by atoms with E-state index in [0.717, 1.165) is 38.6 Å². The fourth-order valence-corrected chi connectivity index (χ4v) is 10.5. The summed E-state index contributed by atoms with van der Waals surface area (Å²) in [5.41, 5.74) is -1.52. The Labute approximate surface area is 272 Å². The van der Waals surface area contributed by atoms with Crippen LogP contribution in [0.25, 0.3) is 0 Å². The summed E-state index contributed by atoms with van der Waals surface area (Å²) in [6.45, 7) is 15.2. The molecule has 0 radical (unpaired) electrons. The summed E-state index contributed by atoms with van der Waals surface area (Å²) in [6, 6.07) is 0. The second-order valence-electron chi connectivity index (χ2n) is 15.2. The zero-order valence-corrected chi connectivity index (χ0v) is 28.8. The van der Waals surface area contributed by atoms with Crippen LogP contribution in [0.1, 0.15) is 72.6 Å². The minimum Gasteiger partial charge on any atom is -0.461 e. The first kappa shape index (κ1) is 34.2. The molecule has 4 fully saturated rings. The molecular weight excluding hydrogens is 590 g/mol. The van der Waals surface area contributed by atoms with E-state index in [4.69, 9.17) is 4.74 Å². The number of carbonyl (C=O) groups is 2. The summed E-state index contributed by atoms with van der Waals surface area (Å²) in [5.74, 6) is -0.0391. The largest absolute Gasteiger partial charge is 0.461 e. The average Bonchev–Trinajstić information content (AvgIpc) is 3.37. The SMILES string of the molecule is C=C[C@]1(C)C[C@@H](OC(=O)CSC2CCCN(c3c(NCCN(C)C)c(=O)c3=O)C2)[C@]2(C)[C@H](C)CC[C@]3(CCC(=O)[C@H]32)[C@@H](C)[C@@H]1O. The number of thioether (sulfide) groups is 1. The van der Waals surface area contributed by atoms with Gasteiger partial charge >= 0.3 is 5.97 Å². The van der Waals surface area contributed by atoms with Gasteiger partial charge in [0.15, 0.2) is 0 Å². The van der Waals surface area contributed by atoms with Crippen LogP contribution in [-0.2, 0) is 14.3 Å². The van der Waals surface area contributed by atoms with Crippen LogP contribution in [0.15, 0.2) is 22.2 Å². The lowest BCUT2D eigenvalue weighted by atomic mass is 9.44. The second-order valence-corrected chi connectivity index (χ2v) is 16.5.